The van der Waals surface area contributed by atoms with E-state index in [1.807, 2.05) is 24.3 Å². The summed E-state index contributed by atoms with van der Waals surface area (Å²) >= 11 is 12.6. The Morgan fingerprint density at radius 3 is 2.33 bits per heavy atom. The van der Waals surface area contributed by atoms with Crippen molar-refractivity contribution in [3.05, 3.63) is 64.7 Å². The van der Waals surface area contributed by atoms with Gasteiger partial charge < -0.3 is 28.9 Å². The van der Waals surface area contributed by atoms with Crippen molar-refractivity contribution in [1.82, 2.24) is 14.7 Å². The fraction of sp³-hybridized carbons (Fsp3) is 0.467. The normalized spacial score (nSPS) is 15.9. The summed E-state index contributed by atoms with van der Waals surface area (Å²) in [5.41, 5.74) is 0.949. The number of nitrogens with zero attached hydrogens (tertiary/aromatic N) is 3. The lowest BCUT2D eigenvalue weighted by Crippen LogP contribution is -2.63. The number of methoxy groups -OCH3 is 2. The molecule has 0 aliphatic carbocycles. The number of carbonyl (C=O) groups excluding carboxylic acids is 4. The van der Waals surface area contributed by atoms with Gasteiger partial charge in [-0.3, -0.25) is 19.2 Å². The molecule has 1 aliphatic rings. The van der Waals surface area contributed by atoms with Crippen LogP contribution >= 0.6 is 23.2 Å². The van der Waals surface area contributed by atoms with E-state index in [0.29, 0.717) is 17.2 Å². The van der Waals surface area contributed by atoms with Crippen LogP contribution < -0.4 is 4.74 Å². The minimum absolute atomic E-state index is 0.126. The molecule has 0 radical (unpaired) electrons. The number of ether oxygens (including phenoxy) is 3. The molecule has 0 saturated carbocycles. The topological polar surface area (TPSA) is 106 Å². The number of halogens is 2. The van der Waals surface area contributed by atoms with Gasteiger partial charge in [0, 0.05) is 31.6 Å². The van der Waals surface area contributed by atoms with Gasteiger partial charge in [0.1, 0.15) is 30.4 Å². The van der Waals surface area contributed by atoms with Crippen molar-refractivity contribution in [2.45, 2.75) is 37.7 Å². The number of piperazine rings is 1. The van der Waals surface area contributed by atoms with Gasteiger partial charge in [-0.25, -0.2) is 0 Å². The first-order valence-electron chi connectivity index (χ1n) is 13.7. The van der Waals surface area contributed by atoms with Gasteiger partial charge in [0.25, 0.3) is 0 Å². The Morgan fingerprint density at radius 2 is 1.71 bits per heavy atom. The molecule has 10 nitrogen and oxygen atoms in total. The SMILES string of the molecule is CCOC(=O)CN(CCc1ccc(OC)cc1)C(=O)CC1C(=O)N(C(Cl)Cc2ccc(Cl)cc2)CC(=O)N1CCOC. The van der Waals surface area contributed by atoms with E-state index in [-0.39, 0.29) is 58.1 Å². The number of rotatable bonds is 15. The minimum Gasteiger partial charge on any atom is -0.497 e. The smallest absolute Gasteiger partial charge is 0.325 e. The number of benzene rings is 2. The molecule has 0 aromatic heterocycles. The molecule has 2 unspecified atom stereocenters. The average Bonchev–Trinajstić information content (AvgIpc) is 2.98. The van der Waals surface area contributed by atoms with Crippen LogP contribution in [0.15, 0.2) is 48.5 Å². The summed E-state index contributed by atoms with van der Waals surface area (Å²) in [5.74, 6) is -1.11. The van der Waals surface area contributed by atoms with Crippen LogP contribution in [0.25, 0.3) is 0 Å². The van der Waals surface area contributed by atoms with Crippen molar-refractivity contribution in [2.24, 2.45) is 0 Å². The monoisotopic (exact) mass is 621 g/mol. The van der Waals surface area contributed by atoms with E-state index >= 15 is 0 Å². The van der Waals surface area contributed by atoms with E-state index in [1.54, 1.807) is 38.3 Å². The predicted octanol–water partition coefficient (Wildman–Crippen LogP) is 3.17. The molecule has 2 aromatic rings. The summed E-state index contributed by atoms with van der Waals surface area (Å²) < 4.78 is 15.4. The molecule has 1 aliphatic heterocycles. The molecule has 42 heavy (non-hydrogen) atoms. The number of esters is 1. The Balaban J connectivity index is 1.80. The van der Waals surface area contributed by atoms with Gasteiger partial charge in [-0.1, -0.05) is 47.5 Å². The molecule has 1 heterocycles. The molecular formula is C30H37Cl2N3O7. The molecule has 1 fully saturated rings. The summed E-state index contributed by atoms with van der Waals surface area (Å²) in [6.45, 7) is 1.86. The third kappa shape index (κ3) is 9.34. The number of hydrogen-bond acceptors (Lipinski definition) is 7. The molecule has 2 atom stereocenters. The Kier molecular flexibility index (Phi) is 12.9. The van der Waals surface area contributed by atoms with Crippen LogP contribution in [0.3, 0.4) is 0 Å². The Bertz CT molecular complexity index is 1210. The van der Waals surface area contributed by atoms with E-state index in [1.165, 1.54) is 21.8 Å². The molecule has 2 aromatic carbocycles. The summed E-state index contributed by atoms with van der Waals surface area (Å²) in [6.07, 6.45) is 0.418. The van der Waals surface area contributed by atoms with Crippen LogP contribution in [0.5, 0.6) is 5.75 Å². The molecule has 3 rings (SSSR count). The zero-order valence-electron chi connectivity index (χ0n) is 24.1. The Hall–Kier alpha value is -3.34. The van der Waals surface area contributed by atoms with Crippen LogP contribution in [0, 0.1) is 0 Å². The highest BCUT2D eigenvalue weighted by atomic mass is 35.5. The Labute approximate surface area is 256 Å². The summed E-state index contributed by atoms with van der Waals surface area (Å²) in [7, 11) is 3.07. The minimum atomic E-state index is -1.11. The van der Waals surface area contributed by atoms with Gasteiger partial charge >= 0.3 is 5.97 Å². The molecule has 0 bridgehead atoms. The molecule has 228 valence electrons. The molecule has 12 heteroatoms. The first-order valence-corrected chi connectivity index (χ1v) is 14.5. The number of hydrogen-bond donors (Lipinski definition) is 0. The van der Waals surface area contributed by atoms with Crippen molar-refractivity contribution < 1.29 is 33.4 Å². The maximum atomic E-state index is 13.8. The second-order valence-corrected chi connectivity index (χ2v) is 10.7. The fourth-order valence-electron chi connectivity index (χ4n) is 4.65. The highest BCUT2D eigenvalue weighted by Crippen LogP contribution is 2.23. The van der Waals surface area contributed by atoms with E-state index in [4.69, 9.17) is 37.4 Å². The second kappa shape index (κ2) is 16.3. The first kappa shape index (κ1) is 33.2. The lowest BCUT2D eigenvalue weighted by molar-refractivity contribution is -0.160. The zero-order valence-corrected chi connectivity index (χ0v) is 25.6. The van der Waals surface area contributed by atoms with Crippen molar-refractivity contribution >= 4 is 46.9 Å². The van der Waals surface area contributed by atoms with Crippen molar-refractivity contribution in [2.75, 3.05) is 53.6 Å². The maximum absolute atomic E-state index is 13.8. The zero-order chi connectivity index (χ0) is 30.6. The Morgan fingerprint density at radius 1 is 1.05 bits per heavy atom. The van der Waals surface area contributed by atoms with E-state index in [0.717, 1.165) is 11.1 Å². The highest BCUT2D eigenvalue weighted by molar-refractivity contribution is 6.30. The number of alkyl halides is 1. The van der Waals surface area contributed by atoms with E-state index in [2.05, 4.69) is 0 Å². The summed E-state index contributed by atoms with van der Waals surface area (Å²) in [5, 5.41) is 0.570. The van der Waals surface area contributed by atoms with Gasteiger partial charge in [0.2, 0.25) is 17.7 Å². The van der Waals surface area contributed by atoms with Gasteiger partial charge in [0.15, 0.2) is 0 Å². The maximum Gasteiger partial charge on any atom is 0.325 e. The molecule has 0 N–H and O–H groups in total. The average molecular weight is 623 g/mol. The van der Waals surface area contributed by atoms with E-state index in [9.17, 15) is 19.2 Å². The summed E-state index contributed by atoms with van der Waals surface area (Å²) in [6, 6.07) is 13.3. The van der Waals surface area contributed by atoms with Gasteiger partial charge in [-0.05, 0) is 48.7 Å². The quantitative estimate of drug-likeness (QED) is 0.171. The van der Waals surface area contributed by atoms with Gasteiger partial charge in [0.05, 0.1) is 26.7 Å². The standard InChI is InChI=1S/C30H37Cl2N3O7/c1-4-42-29(38)20-33(14-13-21-7-11-24(41-3)12-8-21)27(36)18-25-30(39)35(19-28(37)34(25)15-16-40-2)26(32)17-22-5-9-23(31)10-6-22/h5-12,25-26H,4,13-20H2,1-3H3. The number of carbonyl (C=O) groups is 4. The van der Waals surface area contributed by atoms with Gasteiger partial charge in [-0.2, -0.15) is 0 Å². The van der Waals surface area contributed by atoms with Gasteiger partial charge in [-0.15, -0.1) is 0 Å². The van der Waals surface area contributed by atoms with Crippen LogP contribution in [0.4, 0.5) is 0 Å². The third-order valence-electron chi connectivity index (χ3n) is 6.94. The largest absolute Gasteiger partial charge is 0.497 e. The fourth-order valence-corrected chi connectivity index (χ4v) is 5.12. The lowest BCUT2D eigenvalue weighted by Gasteiger charge is -2.42. The van der Waals surface area contributed by atoms with Crippen molar-refractivity contribution in [3.8, 4) is 5.75 Å². The highest BCUT2D eigenvalue weighted by Gasteiger charge is 2.43. The molecule has 0 spiro atoms. The molecular weight excluding hydrogens is 585 g/mol. The van der Waals surface area contributed by atoms with Crippen molar-refractivity contribution in [3.63, 3.8) is 0 Å². The van der Waals surface area contributed by atoms with Crippen LogP contribution in [-0.2, 0) is 41.5 Å². The van der Waals surface area contributed by atoms with Crippen molar-refractivity contribution in [1.29, 1.82) is 0 Å². The lowest BCUT2D eigenvalue weighted by atomic mass is 10.0. The molecule has 3 amide bonds. The second-order valence-electron chi connectivity index (χ2n) is 9.75. The van der Waals surface area contributed by atoms with Crippen LogP contribution in [0.2, 0.25) is 5.02 Å². The van der Waals surface area contributed by atoms with Crippen LogP contribution in [0.1, 0.15) is 24.5 Å². The first-order chi connectivity index (χ1) is 20.2. The van der Waals surface area contributed by atoms with E-state index < -0.39 is 29.3 Å². The summed E-state index contributed by atoms with van der Waals surface area (Å²) in [4.78, 5) is 57.1. The molecule has 1 saturated heterocycles. The number of amides is 3. The third-order valence-corrected chi connectivity index (χ3v) is 7.58. The van der Waals surface area contributed by atoms with Crippen LogP contribution in [-0.4, -0.2) is 104 Å². The predicted molar refractivity (Wildman–Crippen MR) is 158 cm³/mol.